The van der Waals surface area contributed by atoms with Crippen molar-refractivity contribution in [2.45, 2.75) is 6.18 Å². The first-order chi connectivity index (χ1) is 26.3. The van der Waals surface area contributed by atoms with Crippen molar-refractivity contribution in [2.75, 3.05) is 0 Å². The van der Waals surface area contributed by atoms with E-state index in [1.807, 2.05) is 104 Å². The van der Waals surface area contributed by atoms with Gasteiger partial charge in [-0.05, 0) is 0 Å². The van der Waals surface area contributed by atoms with Gasteiger partial charge in [0.1, 0.15) is 0 Å². The van der Waals surface area contributed by atoms with Gasteiger partial charge in [-0.15, -0.1) is 0 Å². The Balaban J connectivity index is 1.33. The summed E-state index contributed by atoms with van der Waals surface area (Å²) in [6, 6.07) is 34.8. The van der Waals surface area contributed by atoms with E-state index in [4.69, 9.17) is 33.5 Å². The zero-order valence-corrected chi connectivity index (χ0v) is 30.1. The molecule has 0 N–H and O–H groups in total. The molecule has 5 aromatic carbocycles. The van der Waals surface area contributed by atoms with Crippen molar-refractivity contribution in [3.63, 3.8) is 0 Å². The molecule has 54 heavy (non-hydrogen) atoms. The number of carbonyl (C=O) groups excluding carboxylic acids is 1. The summed E-state index contributed by atoms with van der Waals surface area (Å²) >= 11 is -4.39. The van der Waals surface area contributed by atoms with Crippen molar-refractivity contribution in [3.8, 4) is 0 Å². The van der Waals surface area contributed by atoms with E-state index in [9.17, 15) is 18.0 Å². The summed E-state index contributed by atoms with van der Waals surface area (Å²) in [4.78, 5) is 45.1. The van der Waals surface area contributed by atoms with Crippen LogP contribution >= 0.6 is 0 Å². The fraction of sp³-hybridized carbons (Fsp3) is 0.0250. The van der Waals surface area contributed by atoms with Crippen LogP contribution in [0.3, 0.4) is 0 Å². The van der Waals surface area contributed by atoms with Gasteiger partial charge in [-0.3, -0.25) is 0 Å². The predicted octanol–water partition coefficient (Wildman–Crippen LogP) is 6.80. The first-order valence-corrected chi connectivity index (χ1v) is 20.1. The molecule has 0 fully saturated rings. The van der Waals surface area contributed by atoms with Crippen molar-refractivity contribution in [3.05, 3.63) is 166 Å². The Labute approximate surface area is 308 Å². The van der Waals surface area contributed by atoms with Crippen molar-refractivity contribution in [2.24, 2.45) is 30.0 Å². The van der Waals surface area contributed by atoms with Crippen molar-refractivity contribution in [1.82, 2.24) is 6.55 Å². The molecule has 0 saturated heterocycles. The summed E-state index contributed by atoms with van der Waals surface area (Å²) in [5.41, 5.74) is 2.70. The number of halogens is 3. The summed E-state index contributed by atoms with van der Waals surface area (Å²) in [7, 11) is 0. The van der Waals surface area contributed by atoms with Crippen LogP contribution in [0.15, 0.2) is 151 Å². The zero-order chi connectivity index (χ0) is 36.3. The molecule has 0 unspecified atom stereocenters. The minimum atomic E-state index is -4.67. The molecule has 6 heterocycles. The molecular weight excluding hydrogens is 751 g/mol. The Kier molecular flexibility index (Phi) is 6.40. The molecular formula is C40H20F3GaN8O2. The van der Waals surface area contributed by atoms with Crippen LogP contribution in [0.25, 0.3) is 21.5 Å². The van der Waals surface area contributed by atoms with Crippen LogP contribution in [0, 0.1) is 0 Å². The predicted molar refractivity (Wildman–Crippen MR) is 198 cm³/mol. The first-order valence-electron chi connectivity index (χ1n) is 16.9. The molecule has 4 aliphatic heterocycles. The number of hydrogen-bond donors (Lipinski definition) is 0. The van der Waals surface area contributed by atoms with Gasteiger partial charge in [0.15, 0.2) is 0 Å². The Morgan fingerprint density at radius 2 is 0.963 bits per heavy atom. The van der Waals surface area contributed by atoms with E-state index in [1.165, 1.54) is 12.1 Å². The Bertz CT molecular complexity index is 2950. The number of carbonyl (C=O) groups is 1. The normalized spacial score (nSPS) is 15.0. The number of hydrogen-bond acceptors (Lipinski definition) is 8. The second-order valence-electron chi connectivity index (χ2n) is 13.0. The Hall–Kier alpha value is -6.64. The van der Waals surface area contributed by atoms with Crippen LogP contribution in [-0.2, 0) is 9.71 Å². The molecule has 0 aliphatic carbocycles. The van der Waals surface area contributed by atoms with Gasteiger partial charge in [-0.2, -0.15) is 0 Å². The van der Waals surface area contributed by atoms with Gasteiger partial charge in [0, 0.05) is 0 Å². The van der Waals surface area contributed by atoms with Crippen molar-refractivity contribution < 1.29 is 21.5 Å². The zero-order valence-electron chi connectivity index (χ0n) is 27.7. The number of alkyl halides is 3. The van der Waals surface area contributed by atoms with E-state index >= 15 is 0 Å². The molecule has 10 nitrogen and oxygen atoms in total. The maximum absolute atomic E-state index is 14.4. The number of aromatic nitrogens is 2. The molecule has 0 saturated carbocycles. The van der Waals surface area contributed by atoms with Crippen LogP contribution in [0.2, 0.25) is 0 Å². The fourth-order valence-corrected chi connectivity index (χ4v) is 12.5. The van der Waals surface area contributed by atoms with Gasteiger partial charge in [-0.1, -0.05) is 0 Å². The van der Waals surface area contributed by atoms with Crippen LogP contribution in [-0.4, -0.2) is 52.9 Å². The SMILES string of the molecule is O=C([O][Ga]1[n]2c3c4ccccc4c2N=C2N=C(N=c4c5ccccc5c([n]41)=NC1=NC(=N3)c3ccccc31)c1ccccc12)c1cccc(C(F)(F)F)c1. The van der Waals surface area contributed by atoms with E-state index < -0.39 is 34.8 Å². The van der Waals surface area contributed by atoms with Crippen molar-refractivity contribution in [1.29, 1.82) is 0 Å². The van der Waals surface area contributed by atoms with Crippen LogP contribution in [0.1, 0.15) is 38.2 Å². The summed E-state index contributed by atoms with van der Waals surface area (Å²) in [6.45, 7) is 0. The molecule has 4 aliphatic rings. The number of fused-ring (bicyclic) bond motifs is 14. The average molecular weight is 771 g/mol. The second kappa shape index (κ2) is 11.2. The topological polar surface area (TPSA) is 110 Å². The Morgan fingerprint density at radius 3 is 1.44 bits per heavy atom. The molecule has 256 valence electrons. The summed E-state index contributed by atoms with van der Waals surface area (Å²) < 4.78 is 52.1. The molecule has 14 heteroatoms. The van der Waals surface area contributed by atoms with E-state index in [1.54, 1.807) is 0 Å². The minimum absolute atomic E-state index is 0.250. The number of aliphatic imine (C=N–C) groups is 4. The van der Waals surface area contributed by atoms with Gasteiger partial charge in [-0.25, -0.2) is 0 Å². The molecule has 0 radical (unpaired) electrons. The third-order valence-electron chi connectivity index (χ3n) is 9.90. The monoisotopic (exact) mass is 770 g/mol. The third kappa shape index (κ3) is 4.47. The fourth-order valence-electron chi connectivity index (χ4n) is 7.48. The van der Waals surface area contributed by atoms with E-state index in [-0.39, 0.29) is 5.56 Å². The van der Waals surface area contributed by atoms with Crippen molar-refractivity contribution >= 4 is 79.6 Å². The first kappa shape index (κ1) is 30.9. The number of nitrogens with zero attached hydrogens (tertiary/aromatic N) is 8. The van der Waals surface area contributed by atoms with Gasteiger partial charge >= 0.3 is 309 Å². The quantitative estimate of drug-likeness (QED) is 0.180. The number of rotatable bonds is 2. The molecule has 0 atom stereocenters. The Morgan fingerprint density at radius 1 is 0.519 bits per heavy atom. The van der Waals surface area contributed by atoms with Gasteiger partial charge in [0.05, 0.1) is 0 Å². The van der Waals surface area contributed by atoms with E-state index in [0.717, 1.165) is 34.4 Å². The van der Waals surface area contributed by atoms with Gasteiger partial charge < -0.3 is 0 Å². The summed E-state index contributed by atoms with van der Waals surface area (Å²) in [5.74, 6) is 1.55. The standard InChI is InChI=1S/C32H16N8.C8H5F3O2.Ga/c1-2-10-18-17(9-1)25-33-26(18)38-28-21-13-5-6-14-22(21)30(35-28)40-32-24-16-8-7-15-23(24)31(36-32)39-29-20-12-4-3-11-19(20)27(34-29)37-25;9-8(10,11)6-3-1-2-5(4-6)7(12)13;/h1-16H;1-4H,(H,12,13);/q-2;;+3/p-1. The van der Waals surface area contributed by atoms with Crippen LogP contribution in [0.5, 0.6) is 0 Å². The maximum atomic E-state index is 14.4. The van der Waals surface area contributed by atoms with Gasteiger partial charge in [0.2, 0.25) is 0 Å². The molecule has 7 aromatic rings. The number of benzene rings is 5. The van der Waals surface area contributed by atoms with E-state index in [0.29, 0.717) is 67.5 Å². The molecule has 0 spiro atoms. The third-order valence-corrected chi connectivity index (χ3v) is 14.7. The summed E-state index contributed by atoms with van der Waals surface area (Å²) in [6.07, 6.45) is -4.67. The second-order valence-corrected chi connectivity index (χ2v) is 17.0. The number of amidine groups is 4. The van der Waals surface area contributed by atoms with Crippen LogP contribution < -0.4 is 11.0 Å². The van der Waals surface area contributed by atoms with Crippen LogP contribution in [0.4, 0.5) is 24.8 Å². The average Bonchev–Trinajstić information content (AvgIpc) is 3.90. The summed E-state index contributed by atoms with van der Waals surface area (Å²) in [5, 5.41) is 2.83. The van der Waals surface area contributed by atoms with Gasteiger partial charge in [0.25, 0.3) is 0 Å². The molecule has 11 rings (SSSR count). The van der Waals surface area contributed by atoms with E-state index in [2.05, 4.69) is 0 Å². The molecule has 2 aromatic heterocycles. The molecule has 0 amide bonds. The molecule has 6 bridgehead atoms.